The Morgan fingerprint density at radius 2 is 2.06 bits per heavy atom. The average molecular weight is 253 g/mol. The van der Waals surface area contributed by atoms with Gasteiger partial charge in [0, 0.05) is 6.61 Å². The van der Waals surface area contributed by atoms with E-state index in [1.807, 2.05) is 24.3 Å². The number of para-hydroxylation sites is 1. The molecule has 1 aromatic carbocycles. The van der Waals surface area contributed by atoms with E-state index >= 15 is 0 Å². The van der Waals surface area contributed by atoms with Gasteiger partial charge in [0.15, 0.2) is 0 Å². The normalized spacial score (nSPS) is 10.2. The van der Waals surface area contributed by atoms with Gasteiger partial charge in [-0.1, -0.05) is 30.4 Å². The van der Waals surface area contributed by atoms with E-state index in [9.17, 15) is 0 Å². The zero-order valence-corrected chi connectivity index (χ0v) is 10.7. The Kier molecular flexibility index (Phi) is 6.58. The molecule has 0 bridgehead atoms. The molecule has 0 amide bonds. The van der Waals surface area contributed by atoms with E-state index < -0.39 is 0 Å². The first-order chi connectivity index (χ1) is 8.24. The van der Waals surface area contributed by atoms with Crippen LogP contribution in [0.15, 0.2) is 24.3 Å². The lowest BCUT2D eigenvalue weighted by Gasteiger charge is -2.10. The number of nitrogens with two attached hydrogens (primary N) is 1. The minimum atomic E-state index is 0.141. The van der Waals surface area contributed by atoms with E-state index in [1.54, 1.807) is 0 Å². The Bertz CT molecular complexity index is 355. The highest BCUT2D eigenvalue weighted by atomic mass is 32.1. The summed E-state index contributed by atoms with van der Waals surface area (Å²) in [7, 11) is 0. The smallest absolute Gasteiger partial charge is 0.122 e. The number of benzene rings is 1. The summed E-state index contributed by atoms with van der Waals surface area (Å²) < 4.78 is 5.68. The molecule has 0 saturated heterocycles. The fourth-order valence-electron chi connectivity index (χ4n) is 1.56. The largest absolute Gasteiger partial charge is 0.493 e. The summed E-state index contributed by atoms with van der Waals surface area (Å²) in [5.74, 6) is 0.858. The van der Waals surface area contributed by atoms with Crippen LogP contribution in [0.1, 0.15) is 24.8 Å². The maximum Gasteiger partial charge on any atom is 0.122 e. The first-order valence-electron chi connectivity index (χ1n) is 5.84. The highest BCUT2D eigenvalue weighted by molar-refractivity contribution is 7.80. The van der Waals surface area contributed by atoms with Crippen LogP contribution in [0.3, 0.4) is 0 Å². The fraction of sp³-hybridized carbons (Fsp3) is 0.462. The second kappa shape index (κ2) is 8.03. The van der Waals surface area contributed by atoms with Gasteiger partial charge in [-0.2, -0.15) is 0 Å². The van der Waals surface area contributed by atoms with Crippen molar-refractivity contribution in [1.29, 1.82) is 0 Å². The second-order valence-electron chi connectivity index (χ2n) is 3.85. The van der Waals surface area contributed by atoms with E-state index in [0.717, 1.165) is 30.6 Å². The fourth-order valence-corrected chi connectivity index (χ4v) is 1.70. The van der Waals surface area contributed by atoms with Crippen molar-refractivity contribution in [3.05, 3.63) is 29.8 Å². The lowest BCUT2D eigenvalue weighted by atomic mass is 10.1. The van der Waals surface area contributed by atoms with Gasteiger partial charge in [-0.15, -0.1) is 0 Å². The molecule has 0 unspecified atom stereocenters. The molecular weight excluding hydrogens is 234 g/mol. The molecule has 4 heteroatoms. The minimum absolute atomic E-state index is 0.141. The van der Waals surface area contributed by atoms with Crippen LogP contribution < -0.4 is 10.5 Å². The summed E-state index contributed by atoms with van der Waals surface area (Å²) in [5.41, 5.74) is 6.46. The molecule has 0 aliphatic heterocycles. The monoisotopic (exact) mass is 253 g/mol. The van der Waals surface area contributed by atoms with Crippen LogP contribution in [0.25, 0.3) is 0 Å². The molecular formula is C13H19NO2S. The van der Waals surface area contributed by atoms with E-state index in [0.29, 0.717) is 18.0 Å². The Labute approximate surface area is 108 Å². The number of rotatable bonds is 8. The molecule has 0 aromatic heterocycles. The molecule has 3 N–H and O–H groups in total. The zero-order chi connectivity index (χ0) is 12.5. The summed E-state index contributed by atoms with van der Waals surface area (Å²) in [6.45, 7) is 0.798. The molecule has 0 spiro atoms. The lowest BCUT2D eigenvalue weighted by molar-refractivity contribution is 0.285. The third kappa shape index (κ3) is 5.65. The van der Waals surface area contributed by atoms with Gasteiger partial charge in [0.2, 0.25) is 0 Å². The van der Waals surface area contributed by atoms with Crippen molar-refractivity contribution >= 4 is 17.2 Å². The molecule has 0 aliphatic carbocycles. The predicted octanol–water partition coefficient (Wildman–Crippen LogP) is 2.06. The van der Waals surface area contributed by atoms with Crippen molar-refractivity contribution in [2.75, 3.05) is 13.2 Å². The molecule has 0 radical (unpaired) electrons. The van der Waals surface area contributed by atoms with Crippen LogP contribution in [-0.4, -0.2) is 23.3 Å². The SMILES string of the molecule is NC(=S)CCCCOc1ccccc1CCO. The van der Waals surface area contributed by atoms with Crippen molar-refractivity contribution < 1.29 is 9.84 Å². The van der Waals surface area contributed by atoms with Gasteiger partial charge in [-0.25, -0.2) is 0 Å². The minimum Gasteiger partial charge on any atom is -0.493 e. The summed E-state index contributed by atoms with van der Waals surface area (Å²) in [6, 6.07) is 7.79. The Morgan fingerprint density at radius 1 is 1.29 bits per heavy atom. The first-order valence-corrected chi connectivity index (χ1v) is 6.24. The molecule has 0 heterocycles. The van der Waals surface area contributed by atoms with Crippen LogP contribution in [-0.2, 0) is 6.42 Å². The van der Waals surface area contributed by atoms with Gasteiger partial charge in [-0.05, 0) is 37.3 Å². The third-order valence-corrected chi connectivity index (χ3v) is 2.63. The van der Waals surface area contributed by atoms with E-state index in [1.165, 1.54) is 0 Å². The predicted molar refractivity (Wildman–Crippen MR) is 73.4 cm³/mol. The van der Waals surface area contributed by atoms with Crippen molar-refractivity contribution in [3.8, 4) is 5.75 Å². The highest BCUT2D eigenvalue weighted by Crippen LogP contribution is 2.18. The summed E-state index contributed by atoms with van der Waals surface area (Å²) in [5, 5.41) is 8.93. The number of aliphatic hydroxyl groups excluding tert-OH is 1. The van der Waals surface area contributed by atoms with Crippen LogP contribution in [0.2, 0.25) is 0 Å². The first kappa shape index (κ1) is 13.9. The summed E-state index contributed by atoms with van der Waals surface area (Å²) in [4.78, 5) is 0.561. The van der Waals surface area contributed by atoms with Crippen molar-refractivity contribution in [3.63, 3.8) is 0 Å². The topological polar surface area (TPSA) is 55.5 Å². The van der Waals surface area contributed by atoms with Crippen molar-refractivity contribution in [1.82, 2.24) is 0 Å². The van der Waals surface area contributed by atoms with Crippen LogP contribution >= 0.6 is 12.2 Å². The quantitative estimate of drug-likeness (QED) is 0.550. The lowest BCUT2D eigenvalue weighted by Crippen LogP contribution is -2.08. The van der Waals surface area contributed by atoms with E-state index in [4.69, 9.17) is 27.8 Å². The standard InChI is InChI=1S/C13H19NO2S/c14-13(17)7-3-4-10-16-12-6-2-1-5-11(12)8-9-15/h1-2,5-6,15H,3-4,7-10H2,(H2,14,17). The zero-order valence-electron chi connectivity index (χ0n) is 9.89. The third-order valence-electron chi connectivity index (χ3n) is 2.43. The number of thiocarbonyl (C=S) groups is 1. The number of ether oxygens (including phenoxy) is 1. The number of hydrogen-bond donors (Lipinski definition) is 2. The Balaban J connectivity index is 2.33. The van der Waals surface area contributed by atoms with Crippen LogP contribution in [0, 0.1) is 0 Å². The molecule has 0 saturated carbocycles. The van der Waals surface area contributed by atoms with Crippen molar-refractivity contribution in [2.45, 2.75) is 25.7 Å². The number of aliphatic hydroxyl groups is 1. The average Bonchev–Trinajstić information content (AvgIpc) is 2.31. The maximum absolute atomic E-state index is 8.93. The molecule has 3 nitrogen and oxygen atoms in total. The van der Waals surface area contributed by atoms with Gasteiger partial charge in [-0.3, -0.25) is 0 Å². The van der Waals surface area contributed by atoms with Gasteiger partial charge in [0.1, 0.15) is 5.75 Å². The molecule has 0 aliphatic rings. The Hall–Kier alpha value is -1.13. The van der Waals surface area contributed by atoms with Crippen molar-refractivity contribution in [2.24, 2.45) is 5.73 Å². The number of unbranched alkanes of at least 4 members (excludes halogenated alkanes) is 1. The summed E-state index contributed by atoms with van der Waals surface area (Å²) >= 11 is 4.80. The molecule has 1 rings (SSSR count). The van der Waals surface area contributed by atoms with E-state index in [2.05, 4.69) is 0 Å². The number of hydrogen-bond acceptors (Lipinski definition) is 3. The Morgan fingerprint density at radius 3 is 2.76 bits per heavy atom. The molecule has 1 aromatic rings. The van der Waals surface area contributed by atoms with Gasteiger partial charge in [0.25, 0.3) is 0 Å². The van der Waals surface area contributed by atoms with Gasteiger partial charge >= 0.3 is 0 Å². The van der Waals surface area contributed by atoms with Gasteiger partial charge < -0.3 is 15.6 Å². The summed E-state index contributed by atoms with van der Waals surface area (Å²) in [6.07, 6.45) is 3.29. The second-order valence-corrected chi connectivity index (χ2v) is 4.38. The highest BCUT2D eigenvalue weighted by Gasteiger charge is 2.01. The van der Waals surface area contributed by atoms with Crippen LogP contribution in [0.4, 0.5) is 0 Å². The molecule has 17 heavy (non-hydrogen) atoms. The maximum atomic E-state index is 8.93. The molecule has 0 atom stereocenters. The van der Waals surface area contributed by atoms with Gasteiger partial charge in [0.05, 0.1) is 11.6 Å². The van der Waals surface area contributed by atoms with E-state index in [-0.39, 0.29) is 6.61 Å². The van der Waals surface area contributed by atoms with Crippen LogP contribution in [0.5, 0.6) is 5.75 Å². The molecule has 0 fully saturated rings. The molecule has 94 valence electrons.